The molecular weight excluding hydrogens is 372 g/mol. The van der Waals surface area contributed by atoms with Crippen molar-refractivity contribution in [3.63, 3.8) is 0 Å². The number of nitriles is 1. The van der Waals surface area contributed by atoms with Crippen LogP contribution in [0.4, 0.5) is 0 Å². The largest absolute Gasteiger partial charge is 0.241 e. The Labute approximate surface area is 171 Å². The molecule has 2 aliphatic rings. The van der Waals surface area contributed by atoms with Crippen LogP contribution in [-0.4, -0.2) is 21.4 Å². The van der Waals surface area contributed by atoms with E-state index in [9.17, 15) is 5.26 Å². The maximum atomic E-state index is 9.33. The summed E-state index contributed by atoms with van der Waals surface area (Å²) in [5, 5.41) is 15.6. The fourth-order valence-electron chi connectivity index (χ4n) is 4.34. The molecule has 2 aliphatic carbocycles. The van der Waals surface area contributed by atoms with Crippen molar-refractivity contribution in [2.45, 2.75) is 0 Å². The Bertz CT molecular complexity index is 1450. The lowest BCUT2D eigenvalue weighted by molar-refractivity contribution is 1.16. The Morgan fingerprint density at radius 3 is 1.90 bits per heavy atom. The molecule has 3 aromatic carbocycles. The van der Waals surface area contributed by atoms with E-state index in [1.807, 2.05) is 54.7 Å². The van der Waals surface area contributed by atoms with Gasteiger partial charge in [0.15, 0.2) is 5.71 Å². The van der Waals surface area contributed by atoms with Gasteiger partial charge in [0.1, 0.15) is 17.1 Å². The number of fused-ring (bicyclic) bond motifs is 5. The van der Waals surface area contributed by atoms with Crippen LogP contribution in [-0.2, 0) is 0 Å². The lowest BCUT2D eigenvalue weighted by Crippen LogP contribution is -2.25. The van der Waals surface area contributed by atoms with Gasteiger partial charge in [-0.25, -0.2) is 9.97 Å². The predicted octanol–water partition coefficient (Wildman–Crippen LogP) is 4.58. The first-order valence-electron chi connectivity index (χ1n) is 9.28. The second-order valence-corrected chi connectivity index (χ2v) is 6.98. The summed E-state index contributed by atoms with van der Waals surface area (Å²) in [6.07, 6.45) is 1.89. The Morgan fingerprint density at radius 1 is 0.733 bits per heavy atom. The highest BCUT2D eigenvalue weighted by Crippen LogP contribution is 2.46. The summed E-state index contributed by atoms with van der Waals surface area (Å²) >= 11 is 0. The van der Waals surface area contributed by atoms with E-state index in [-0.39, 0.29) is 0 Å². The van der Waals surface area contributed by atoms with Crippen molar-refractivity contribution >= 4 is 22.2 Å². The minimum atomic E-state index is 0.450. The maximum Gasteiger partial charge on any atom is 0.206 e. The van der Waals surface area contributed by atoms with Crippen molar-refractivity contribution < 1.29 is 0 Å². The molecule has 0 aliphatic heterocycles. The molecule has 0 atom stereocenters. The molecule has 136 valence electrons. The lowest BCUT2D eigenvalue weighted by atomic mass is 9.88. The van der Waals surface area contributed by atoms with Crippen molar-refractivity contribution in [2.75, 3.05) is 0 Å². The normalized spacial score (nSPS) is 15.4. The van der Waals surface area contributed by atoms with Crippen molar-refractivity contribution in [1.29, 1.82) is 5.26 Å². The fourth-order valence-corrected chi connectivity index (χ4v) is 4.34. The van der Waals surface area contributed by atoms with E-state index in [1.54, 1.807) is 0 Å². The topological polar surface area (TPSA) is 78.6 Å². The summed E-state index contributed by atoms with van der Waals surface area (Å²) in [6, 6.07) is 19.7. The monoisotopic (exact) mass is 382 g/mol. The van der Waals surface area contributed by atoms with Gasteiger partial charge in [0.25, 0.3) is 0 Å². The molecule has 6 nitrogen and oxygen atoms in total. The number of nitrogens with zero attached hydrogens (tertiary/aromatic N) is 6. The summed E-state index contributed by atoms with van der Waals surface area (Å²) in [6.45, 7) is 7.31. The predicted molar refractivity (Wildman–Crippen MR) is 114 cm³/mol. The second-order valence-electron chi connectivity index (χ2n) is 6.98. The van der Waals surface area contributed by atoms with E-state index < -0.39 is 0 Å². The highest BCUT2D eigenvalue weighted by Gasteiger charge is 2.35. The Morgan fingerprint density at radius 2 is 1.30 bits per heavy atom. The van der Waals surface area contributed by atoms with Gasteiger partial charge in [-0.2, -0.15) is 16.8 Å². The van der Waals surface area contributed by atoms with Gasteiger partial charge in [0.05, 0.1) is 16.5 Å². The standard InChI is InChI=1S/C24H10N6/c1-26-30-22-15-9-3-2-8-14(15)19(27-12-25)23-24(22)29-21-17-11-5-7-13-6-4-10-16(18(13)17)20(21)28-23/h2-11H. The zero-order chi connectivity index (χ0) is 20.2. The summed E-state index contributed by atoms with van der Waals surface area (Å²) in [5.41, 5.74) is 6.82. The molecule has 0 fully saturated rings. The molecule has 0 spiro atoms. The Hall–Kier alpha value is -4.68. The minimum Gasteiger partial charge on any atom is -0.241 e. The molecular formula is C24H10N6. The van der Waals surface area contributed by atoms with E-state index in [1.165, 1.54) is 0 Å². The first-order chi connectivity index (χ1) is 14.8. The van der Waals surface area contributed by atoms with Gasteiger partial charge in [-0.3, -0.25) is 0 Å². The highest BCUT2D eigenvalue weighted by molar-refractivity contribution is 6.31. The quantitative estimate of drug-likeness (QED) is 0.219. The van der Waals surface area contributed by atoms with Crippen LogP contribution in [0.1, 0.15) is 22.5 Å². The maximum absolute atomic E-state index is 9.33. The third-order valence-electron chi connectivity index (χ3n) is 5.51. The van der Waals surface area contributed by atoms with E-state index in [2.05, 4.69) is 27.2 Å². The van der Waals surface area contributed by atoms with Crippen LogP contribution in [0.3, 0.4) is 0 Å². The van der Waals surface area contributed by atoms with Gasteiger partial charge in [-0.1, -0.05) is 60.7 Å². The third kappa shape index (κ3) is 1.99. The van der Waals surface area contributed by atoms with E-state index in [0.717, 1.165) is 44.4 Å². The van der Waals surface area contributed by atoms with Crippen molar-refractivity contribution in [3.8, 4) is 28.7 Å². The molecule has 30 heavy (non-hydrogen) atoms. The first kappa shape index (κ1) is 16.3. The lowest BCUT2D eigenvalue weighted by Gasteiger charge is -2.20. The molecule has 1 heterocycles. The molecule has 1 aromatic heterocycles. The summed E-state index contributed by atoms with van der Waals surface area (Å²) < 4.78 is 0. The number of hydrogen-bond acceptors (Lipinski definition) is 5. The molecule has 0 saturated heterocycles. The molecule has 4 aromatic rings. The average Bonchev–Trinajstić information content (AvgIpc) is 3.10. The van der Waals surface area contributed by atoms with Gasteiger partial charge < -0.3 is 0 Å². The van der Waals surface area contributed by atoms with Gasteiger partial charge >= 0.3 is 0 Å². The van der Waals surface area contributed by atoms with Crippen molar-refractivity contribution in [3.05, 3.63) is 94.7 Å². The van der Waals surface area contributed by atoms with Crippen LogP contribution < -0.4 is 0 Å². The van der Waals surface area contributed by atoms with E-state index >= 15 is 0 Å². The molecule has 0 amide bonds. The molecule has 0 bridgehead atoms. The molecule has 6 rings (SSSR count). The number of benzene rings is 3. The molecule has 0 unspecified atom stereocenters. The molecule has 0 saturated carbocycles. The Balaban J connectivity index is 1.75. The van der Waals surface area contributed by atoms with Gasteiger partial charge in [-0.15, -0.1) is 4.95 Å². The van der Waals surface area contributed by atoms with Crippen molar-refractivity contribution in [1.82, 2.24) is 9.97 Å². The van der Waals surface area contributed by atoms with Crippen LogP contribution in [0, 0.1) is 18.0 Å². The van der Waals surface area contributed by atoms with Crippen LogP contribution in [0.2, 0.25) is 0 Å². The van der Waals surface area contributed by atoms with Crippen LogP contribution in [0.5, 0.6) is 0 Å². The number of aliphatic imine (C=N–C) groups is 1. The van der Waals surface area contributed by atoms with Crippen LogP contribution >= 0.6 is 0 Å². The van der Waals surface area contributed by atoms with E-state index in [4.69, 9.17) is 16.5 Å². The zero-order valence-corrected chi connectivity index (χ0v) is 15.5. The number of rotatable bonds is 0. The second kappa shape index (κ2) is 5.91. The van der Waals surface area contributed by atoms with Crippen molar-refractivity contribution in [2.24, 2.45) is 10.1 Å². The Kier molecular flexibility index (Phi) is 3.21. The number of hydrogen-bond donors (Lipinski definition) is 0. The third-order valence-corrected chi connectivity index (χ3v) is 5.51. The molecule has 6 heteroatoms. The average molecular weight is 382 g/mol. The SMILES string of the molecule is [C-]#[N+]N=C1c2ccccc2C(=NC#N)c2nc3c(nc21)-c1cccc2cccc-3c12. The number of aromatic nitrogens is 2. The smallest absolute Gasteiger partial charge is 0.206 e. The van der Waals surface area contributed by atoms with Crippen LogP contribution in [0.25, 0.3) is 38.2 Å². The fraction of sp³-hybridized carbons (Fsp3) is 0. The minimum absolute atomic E-state index is 0.450. The zero-order valence-electron chi connectivity index (χ0n) is 15.5. The molecule has 0 N–H and O–H groups in total. The van der Waals surface area contributed by atoms with Gasteiger partial charge in [0.2, 0.25) is 6.19 Å². The summed E-state index contributed by atoms with van der Waals surface area (Å²) in [5.74, 6) is 0. The summed E-state index contributed by atoms with van der Waals surface area (Å²) in [4.78, 5) is 17.2. The van der Waals surface area contributed by atoms with Gasteiger partial charge in [-0.05, 0) is 5.39 Å². The van der Waals surface area contributed by atoms with E-state index in [0.29, 0.717) is 22.8 Å². The van der Waals surface area contributed by atoms with Gasteiger partial charge in [0, 0.05) is 27.6 Å². The highest BCUT2D eigenvalue weighted by atomic mass is 15.2. The molecule has 0 radical (unpaired) electrons. The summed E-state index contributed by atoms with van der Waals surface area (Å²) in [7, 11) is 0. The van der Waals surface area contributed by atoms with Crippen LogP contribution in [0.15, 0.2) is 70.8 Å². The first-order valence-corrected chi connectivity index (χ1v) is 9.28.